The molecule has 0 atom stereocenters. The van der Waals surface area contributed by atoms with Crippen LogP contribution in [0.4, 0.5) is 0 Å². The van der Waals surface area contributed by atoms with Crippen LogP contribution in [0, 0.1) is 11.8 Å². The fourth-order valence-corrected chi connectivity index (χ4v) is 3.24. The maximum Gasteiger partial charge on any atom is 0.167 e. The first-order chi connectivity index (χ1) is 8.61. The predicted molar refractivity (Wildman–Crippen MR) is 76.5 cm³/mol. The van der Waals surface area contributed by atoms with Crippen molar-refractivity contribution >= 4 is 29.0 Å². The highest BCUT2D eigenvalue weighted by molar-refractivity contribution is 6.36. The van der Waals surface area contributed by atoms with Crippen LogP contribution in [0.1, 0.15) is 49.4 Å². The minimum Gasteiger partial charge on any atom is -0.294 e. The van der Waals surface area contributed by atoms with Crippen LogP contribution in [0.5, 0.6) is 0 Å². The molecular weight excluding hydrogens is 267 g/mol. The number of halogens is 2. The summed E-state index contributed by atoms with van der Waals surface area (Å²) in [5, 5.41) is 1.05. The molecule has 0 radical (unpaired) electrons. The van der Waals surface area contributed by atoms with E-state index in [4.69, 9.17) is 23.2 Å². The van der Waals surface area contributed by atoms with Crippen molar-refractivity contribution in [2.24, 2.45) is 11.8 Å². The summed E-state index contributed by atoms with van der Waals surface area (Å²) in [6.45, 7) is 2.23. The van der Waals surface area contributed by atoms with E-state index in [1.807, 2.05) is 0 Å². The molecule has 1 aromatic carbocycles. The second-order valence-electron chi connectivity index (χ2n) is 5.11. The topological polar surface area (TPSA) is 17.1 Å². The van der Waals surface area contributed by atoms with Crippen LogP contribution in [0.3, 0.4) is 0 Å². The van der Waals surface area contributed by atoms with E-state index in [9.17, 15) is 4.79 Å². The second kappa shape index (κ2) is 6.08. The molecule has 0 unspecified atom stereocenters. The fourth-order valence-electron chi connectivity index (χ4n) is 2.74. The van der Waals surface area contributed by atoms with Gasteiger partial charge in [0.15, 0.2) is 5.78 Å². The van der Waals surface area contributed by atoms with Gasteiger partial charge in [-0.2, -0.15) is 0 Å². The van der Waals surface area contributed by atoms with Crippen LogP contribution >= 0.6 is 23.2 Å². The average molecular weight is 285 g/mol. The highest BCUT2D eigenvalue weighted by Gasteiger charge is 2.27. The standard InChI is InChI=1S/C15H18Cl2O/c1-2-10-3-5-11(6-4-10)15(18)13-8-7-12(16)9-14(13)17/h7-11H,2-6H2,1H3. The molecule has 1 fully saturated rings. The van der Waals surface area contributed by atoms with Gasteiger partial charge in [-0.25, -0.2) is 0 Å². The quantitative estimate of drug-likeness (QED) is 0.680. The Balaban J connectivity index is 2.08. The van der Waals surface area contributed by atoms with Crippen LogP contribution < -0.4 is 0 Å². The molecule has 0 aromatic heterocycles. The summed E-state index contributed by atoms with van der Waals surface area (Å²) >= 11 is 11.9. The molecule has 0 spiro atoms. The van der Waals surface area contributed by atoms with Crippen molar-refractivity contribution in [3.8, 4) is 0 Å². The van der Waals surface area contributed by atoms with E-state index in [1.54, 1.807) is 18.2 Å². The SMILES string of the molecule is CCC1CCC(C(=O)c2ccc(Cl)cc2Cl)CC1. The van der Waals surface area contributed by atoms with Crippen molar-refractivity contribution in [2.45, 2.75) is 39.0 Å². The van der Waals surface area contributed by atoms with Crippen molar-refractivity contribution in [3.63, 3.8) is 0 Å². The van der Waals surface area contributed by atoms with Crippen LogP contribution in [-0.4, -0.2) is 5.78 Å². The molecule has 0 N–H and O–H groups in total. The van der Waals surface area contributed by atoms with E-state index in [0.717, 1.165) is 31.6 Å². The van der Waals surface area contributed by atoms with Crippen LogP contribution in [0.25, 0.3) is 0 Å². The van der Waals surface area contributed by atoms with E-state index >= 15 is 0 Å². The molecule has 1 saturated carbocycles. The van der Waals surface area contributed by atoms with Gasteiger partial charge in [-0.05, 0) is 49.8 Å². The predicted octanol–water partition coefficient (Wildman–Crippen LogP) is 5.39. The number of carbonyl (C=O) groups is 1. The number of carbonyl (C=O) groups excluding carboxylic acids is 1. The first kappa shape index (κ1) is 13.9. The maximum absolute atomic E-state index is 12.4. The molecule has 98 valence electrons. The lowest BCUT2D eigenvalue weighted by molar-refractivity contribution is 0.0871. The van der Waals surface area contributed by atoms with Crippen LogP contribution in [0.2, 0.25) is 10.0 Å². The minimum atomic E-state index is 0.145. The van der Waals surface area contributed by atoms with Crippen LogP contribution in [0.15, 0.2) is 18.2 Å². The molecule has 3 heteroatoms. The largest absolute Gasteiger partial charge is 0.294 e. The van der Waals surface area contributed by atoms with Crippen molar-refractivity contribution < 1.29 is 4.79 Å². The molecule has 0 aliphatic heterocycles. The molecule has 2 rings (SSSR count). The van der Waals surface area contributed by atoms with Gasteiger partial charge in [0.1, 0.15) is 0 Å². The lowest BCUT2D eigenvalue weighted by Crippen LogP contribution is -2.22. The van der Waals surface area contributed by atoms with Gasteiger partial charge in [-0.3, -0.25) is 4.79 Å². The monoisotopic (exact) mass is 284 g/mol. The number of ketones is 1. The van der Waals surface area contributed by atoms with E-state index in [1.165, 1.54) is 6.42 Å². The van der Waals surface area contributed by atoms with E-state index in [0.29, 0.717) is 15.6 Å². The van der Waals surface area contributed by atoms with Gasteiger partial charge in [-0.15, -0.1) is 0 Å². The summed E-state index contributed by atoms with van der Waals surface area (Å²) in [6.07, 6.45) is 5.55. The Morgan fingerprint density at radius 2 is 1.89 bits per heavy atom. The normalized spacial score (nSPS) is 23.9. The zero-order valence-electron chi connectivity index (χ0n) is 10.6. The second-order valence-corrected chi connectivity index (χ2v) is 5.96. The third-order valence-electron chi connectivity index (χ3n) is 3.99. The van der Waals surface area contributed by atoms with E-state index in [-0.39, 0.29) is 11.7 Å². The van der Waals surface area contributed by atoms with Gasteiger partial charge in [0.25, 0.3) is 0 Å². The summed E-state index contributed by atoms with van der Waals surface area (Å²) in [5.74, 6) is 1.13. The van der Waals surface area contributed by atoms with Gasteiger partial charge >= 0.3 is 0 Å². The molecule has 1 aliphatic carbocycles. The van der Waals surface area contributed by atoms with Crippen molar-refractivity contribution in [1.82, 2.24) is 0 Å². The van der Waals surface area contributed by atoms with Gasteiger partial charge in [0, 0.05) is 16.5 Å². The van der Waals surface area contributed by atoms with Gasteiger partial charge in [0.2, 0.25) is 0 Å². The third-order valence-corrected chi connectivity index (χ3v) is 4.54. The smallest absolute Gasteiger partial charge is 0.167 e. The molecular formula is C15H18Cl2O. The molecule has 18 heavy (non-hydrogen) atoms. The summed E-state index contributed by atoms with van der Waals surface area (Å²) in [4.78, 5) is 12.4. The summed E-state index contributed by atoms with van der Waals surface area (Å²) in [7, 11) is 0. The molecule has 1 aliphatic rings. The summed E-state index contributed by atoms with van der Waals surface area (Å²) in [5.41, 5.74) is 0.626. The number of hydrogen-bond donors (Lipinski definition) is 0. The first-order valence-corrected chi connectivity index (χ1v) is 7.36. The Hall–Kier alpha value is -0.530. The fraction of sp³-hybridized carbons (Fsp3) is 0.533. The molecule has 1 aromatic rings. The Labute approximate surface area is 118 Å². The summed E-state index contributed by atoms with van der Waals surface area (Å²) < 4.78 is 0. The number of Topliss-reactive ketones (excluding diaryl/α,β-unsaturated/α-hetero) is 1. The number of hydrogen-bond acceptors (Lipinski definition) is 1. The van der Waals surface area contributed by atoms with Gasteiger partial charge in [-0.1, -0.05) is 36.5 Å². The summed E-state index contributed by atoms with van der Waals surface area (Å²) in [6, 6.07) is 5.13. The third kappa shape index (κ3) is 3.07. The maximum atomic E-state index is 12.4. The Morgan fingerprint density at radius 3 is 2.44 bits per heavy atom. The highest BCUT2D eigenvalue weighted by Crippen LogP contribution is 2.34. The lowest BCUT2D eigenvalue weighted by Gasteiger charge is -2.27. The lowest BCUT2D eigenvalue weighted by atomic mass is 9.78. The van der Waals surface area contributed by atoms with Crippen molar-refractivity contribution in [1.29, 1.82) is 0 Å². The molecule has 0 bridgehead atoms. The van der Waals surface area contributed by atoms with Crippen molar-refractivity contribution in [2.75, 3.05) is 0 Å². The average Bonchev–Trinajstić information content (AvgIpc) is 2.38. The zero-order valence-corrected chi connectivity index (χ0v) is 12.1. The first-order valence-electron chi connectivity index (χ1n) is 6.61. The van der Waals surface area contributed by atoms with Crippen molar-refractivity contribution in [3.05, 3.63) is 33.8 Å². The molecule has 0 heterocycles. The Morgan fingerprint density at radius 1 is 1.22 bits per heavy atom. The van der Waals surface area contributed by atoms with E-state index in [2.05, 4.69) is 6.92 Å². The molecule has 0 amide bonds. The number of rotatable bonds is 3. The van der Waals surface area contributed by atoms with Crippen LogP contribution in [-0.2, 0) is 0 Å². The Bertz CT molecular complexity index is 434. The van der Waals surface area contributed by atoms with Gasteiger partial charge in [0.05, 0.1) is 5.02 Å². The zero-order chi connectivity index (χ0) is 13.1. The van der Waals surface area contributed by atoms with E-state index < -0.39 is 0 Å². The number of benzene rings is 1. The highest BCUT2D eigenvalue weighted by atomic mass is 35.5. The Kier molecular flexibility index (Phi) is 4.69. The molecule has 1 nitrogen and oxygen atoms in total. The van der Waals surface area contributed by atoms with Gasteiger partial charge < -0.3 is 0 Å². The molecule has 0 saturated heterocycles. The minimum absolute atomic E-state index is 0.145.